The van der Waals surface area contributed by atoms with Crippen LogP contribution in [-0.2, 0) is 23.1 Å². The lowest BCUT2D eigenvalue weighted by molar-refractivity contribution is -0.143. The highest BCUT2D eigenvalue weighted by Crippen LogP contribution is 2.21. The zero-order chi connectivity index (χ0) is 13.8. The summed E-state index contributed by atoms with van der Waals surface area (Å²) in [7, 11) is 1.89. The van der Waals surface area contributed by atoms with Gasteiger partial charge in [0, 0.05) is 13.1 Å². The van der Waals surface area contributed by atoms with Crippen molar-refractivity contribution in [3.8, 4) is 0 Å². The molecule has 2 rings (SSSR count). The Morgan fingerprint density at radius 3 is 3.00 bits per heavy atom. The number of carbonyl (C=O) groups is 1. The van der Waals surface area contributed by atoms with Gasteiger partial charge in [0.25, 0.3) is 0 Å². The molecular weight excluding hydrogens is 248 g/mol. The molecule has 2 unspecified atom stereocenters. The van der Waals surface area contributed by atoms with E-state index in [2.05, 4.69) is 22.0 Å². The van der Waals surface area contributed by atoms with E-state index >= 15 is 0 Å². The summed E-state index contributed by atoms with van der Waals surface area (Å²) >= 11 is 0. The van der Waals surface area contributed by atoms with E-state index in [0.29, 0.717) is 19.8 Å². The molecule has 2 atom stereocenters. The number of hydrogen-bond acceptors (Lipinski definition) is 5. The summed E-state index contributed by atoms with van der Waals surface area (Å²) in [5.74, 6) is -0.411. The molecule has 1 fully saturated rings. The van der Waals surface area contributed by atoms with E-state index in [1.165, 1.54) is 0 Å². The fourth-order valence-corrected chi connectivity index (χ4v) is 2.42. The largest absolute Gasteiger partial charge is 0.481 e. The van der Waals surface area contributed by atoms with Crippen LogP contribution in [0, 0.1) is 5.92 Å². The average molecular weight is 268 g/mol. The Labute approximate surface area is 112 Å². The van der Waals surface area contributed by atoms with E-state index in [1.54, 1.807) is 6.33 Å². The van der Waals surface area contributed by atoms with Crippen molar-refractivity contribution in [3.63, 3.8) is 0 Å². The van der Waals surface area contributed by atoms with Gasteiger partial charge in [-0.3, -0.25) is 9.69 Å². The molecule has 1 N–H and O–H groups in total. The molecule has 7 heteroatoms. The van der Waals surface area contributed by atoms with E-state index in [9.17, 15) is 9.90 Å². The Morgan fingerprint density at radius 1 is 1.63 bits per heavy atom. The first-order valence-corrected chi connectivity index (χ1v) is 6.51. The number of ether oxygens (including phenoxy) is 1. The highest BCUT2D eigenvalue weighted by atomic mass is 16.5. The number of nitrogens with zero attached hydrogens (tertiary/aromatic N) is 4. The summed E-state index contributed by atoms with van der Waals surface area (Å²) in [6, 6.07) is -0.0888. The minimum Gasteiger partial charge on any atom is -0.481 e. The molecule has 19 heavy (non-hydrogen) atoms. The van der Waals surface area contributed by atoms with Gasteiger partial charge in [-0.05, 0) is 13.0 Å². The Balaban J connectivity index is 2.11. The van der Waals surface area contributed by atoms with Crippen molar-refractivity contribution in [2.75, 3.05) is 19.8 Å². The van der Waals surface area contributed by atoms with Crippen molar-refractivity contribution in [1.82, 2.24) is 19.7 Å². The summed E-state index contributed by atoms with van der Waals surface area (Å²) in [6.45, 7) is 4.26. The van der Waals surface area contributed by atoms with Crippen LogP contribution >= 0.6 is 0 Å². The van der Waals surface area contributed by atoms with Gasteiger partial charge < -0.3 is 14.4 Å². The first-order chi connectivity index (χ1) is 9.13. The molecular formula is C12H20N4O3. The Morgan fingerprint density at radius 2 is 2.42 bits per heavy atom. The topological polar surface area (TPSA) is 80.5 Å². The third kappa shape index (κ3) is 3.10. The van der Waals surface area contributed by atoms with Crippen LogP contribution in [-0.4, -0.2) is 56.5 Å². The fraction of sp³-hybridized carbons (Fsp3) is 0.750. The minimum atomic E-state index is -0.790. The van der Waals surface area contributed by atoms with Crippen molar-refractivity contribution in [2.45, 2.75) is 25.9 Å². The van der Waals surface area contributed by atoms with Gasteiger partial charge >= 0.3 is 5.97 Å². The molecule has 1 aromatic heterocycles. The molecule has 0 radical (unpaired) electrons. The number of aryl methyl sites for hydroxylation is 1. The zero-order valence-corrected chi connectivity index (χ0v) is 11.3. The second kappa shape index (κ2) is 6.12. The van der Waals surface area contributed by atoms with Crippen molar-refractivity contribution < 1.29 is 14.6 Å². The number of rotatable bonds is 6. The third-order valence-electron chi connectivity index (χ3n) is 3.50. The van der Waals surface area contributed by atoms with Gasteiger partial charge in [0.05, 0.1) is 25.7 Å². The summed E-state index contributed by atoms with van der Waals surface area (Å²) in [5, 5.41) is 17.2. The maximum absolute atomic E-state index is 11.3. The highest BCUT2D eigenvalue weighted by Gasteiger charge is 2.38. The maximum Gasteiger partial charge on any atom is 0.310 e. The van der Waals surface area contributed by atoms with Crippen LogP contribution in [0.3, 0.4) is 0 Å². The molecule has 2 heterocycles. The van der Waals surface area contributed by atoms with Crippen molar-refractivity contribution in [1.29, 1.82) is 0 Å². The van der Waals surface area contributed by atoms with Crippen LogP contribution in [0.2, 0.25) is 0 Å². The molecule has 1 saturated heterocycles. The van der Waals surface area contributed by atoms with Crippen molar-refractivity contribution in [2.24, 2.45) is 13.0 Å². The van der Waals surface area contributed by atoms with E-state index in [-0.39, 0.29) is 6.04 Å². The van der Waals surface area contributed by atoms with Crippen molar-refractivity contribution >= 4 is 5.97 Å². The lowest BCUT2D eigenvalue weighted by atomic mass is 10.0. The van der Waals surface area contributed by atoms with E-state index in [0.717, 1.165) is 18.8 Å². The second-order valence-corrected chi connectivity index (χ2v) is 4.88. The second-order valence-electron chi connectivity index (χ2n) is 4.88. The van der Waals surface area contributed by atoms with E-state index in [4.69, 9.17) is 4.74 Å². The SMILES string of the molecule is CCCN(Cc1nncn1C)C1COCC1C(=O)O. The van der Waals surface area contributed by atoms with Gasteiger partial charge in [-0.15, -0.1) is 10.2 Å². The molecule has 1 aliphatic rings. The molecule has 7 nitrogen and oxygen atoms in total. The van der Waals surface area contributed by atoms with Crippen LogP contribution < -0.4 is 0 Å². The molecule has 0 aromatic carbocycles. The van der Waals surface area contributed by atoms with Gasteiger partial charge in [-0.1, -0.05) is 6.92 Å². The first-order valence-electron chi connectivity index (χ1n) is 6.51. The summed E-state index contributed by atoms with van der Waals surface area (Å²) in [5.41, 5.74) is 0. The van der Waals surface area contributed by atoms with Crippen LogP contribution in [0.5, 0.6) is 0 Å². The molecule has 0 aliphatic carbocycles. The Bertz CT molecular complexity index is 434. The van der Waals surface area contributed by atoms with Gasteiger partial charge in [0.15, 0.2) is 0 Å². The van der Waals surface area contributed by atoms with Crippen LogP contribution in [0.1, 0.15) is 19.2 Å². The third-order valence-corrected chi connectivity index (χ3v) is 3.50. The number of aromatic nitrogens is 3. The molecule has 106 valence electrons. The number of aliphatic carboxylic acids is 1. The smallest absolute Gasteiger partial charge is 0.310 e. The molecule has 1 aromatic rings. The number of carboxylic acid groups (broad SMARTS) is 1. The minimum absolute atomic E-state index is 0.0888. The van der Waals surface area contributed by atoms with Crippen LogP contribution in [0.15, 0.2) is 6.33 Å². The Kier molecular flexibility index (Phi) is 4.49. The van der Waals surface area contributed by atoms with Gasteiger partial charge in [-0.2, -0.15) is 0 Å². The number of hydrogen-bond donors (Lipinski definition) is 1. The monoisotopic (exact) mass is 268 g/mol. The summed E-state index contributed by atoms with van der Waals surface area (Å²) < 4.78 is 7.20. The van der Waals surface area contributed by atoms with E-state index < -0.39 is 11.9 Å². The highest BCUT2D eigenvalue weighted by molar-refractivity contribution is 5.71. The lowest BCUT2D eigenvalue weighted by Crippen LogP contribution is -2.43. The van der Waals surface area contributed by atoms with Crippen LogP contribution in [0.4, 0.5) is 0 Å². The lowest BCUT2D eigenvalue weighted by Gasteiger charge is -2.29. The van der Waals surface area contributed by atoms with Gasteiger partial charge in [0.2, 0.25) is 0 Å². The summed E-state index contributed by atoms with van der Waals surface area (Å²) in [6.07, 6.45) is 2.61. The van der Waals surface area contributed by atoms with Crippen LogP contribution in [0.25, 0.3) is 0 Å². The normalized spacial score (nSPS) is 23.1. The number of carboxylic acids is 1. The zero-order valence-electron chi connectivity index (χ0n) is 11.3. The van der Waals surface area contributed by atoms with Gasteiger partial charge in [0.1, 0.15) is 12.2 Å². The molecule has 0 amide bonds. The average Bonchev–Trinajstić information content (AvgIpc) is 2.98. The van der Waals surface area contributed by atoms with E-state index in [1.807, 2.05) is 11.6 Å². The Hall–Kier alpha value is -1.47. The fourth-order valence-electron chi connectivity index (χ4n) is 2.42. The quantitative estimate of drug-likeness (QED) is 0.789. The molecule has 0 saturated carbocycles. The predicted molar refractivity (Wildman–Crippen MR) is 67.4 cm³/mol. The molecule has 0 bridgehead atoms. The molecule has 1 aliphatic heterocycles. The summed E-state index contributed by atoms with van der Waals surface area (Å²) in [4.78, 5) is 13.4. The van der Waals surface area contributed by atoms with Gasteiger partial charge in [-0.25, -0.2) is 0 Å². The predicted octanol–water partition coefficient (Wildman–Crippen LogP) is 0.127. The molecule has 0 spiro atoms. The first kappa shape index (κ1) is 14.0. The maximum atomic E-state index is 11.3. The standard InChI is InChI=1S/C12H20N4O3/c1-3-4-16(5-11-14-13-8-15(11)2)10-7-19-6-9(10)12(17)18/h8-10H,3-7H2,1-2H3,(H,17,18). The van der Waals surface area contributed by atoms with Crippen molar-refractivity contribution in [3.05, 3.63) is 12.2 Å².